The number of Topliss-reactive ketones (excluding diaryl/α,β-unsaturated/α-hetero) is 1. The average Bonchev–Trinajstić information content (AvgIpc) is 3.08. The molecule has 0 unspecified atom stereocenters. The molecule has 1 aromatic heterocycles. The van der Waals surface area contributed by atoms with Crippen LogP contribution in [0.4, 0.5) is 10.3 Å². The number of carbonyl (C=O) groups excluding carboxylic acids is 1. The van der Waals surface area contributed by atoms with Crippen LogP contribution in [0.3, 0.4) is 0 Å². The van der Waals surface area contributed by atoms with Gasteiger partial charge >= 0.3 is 0 Å². The highest BCUT2D eigenvalue weighted by Crippen LogP contribution is 2.48. The summed E-state index contributed by atoms with van der Waals surface area (Å²) in [5, 5.41) is 7.42. The number of hydrogen-bond acceptors (Lipinski definition) is 4. The van der Waals surface area contributed by atoms with Gasteiger partial charge in [-0.05, 0) is 42.5 Å². The Hall–Kier alpha value is -3.21. The zero-order chi connectivity index (χ0) is 19.3. The van der Waals surface area contributed by atoms with E-state index in [1.54, 1.807) is 12.1 Å². The van der Waals surface area contributed by atoms with Gasteiger partial charge < -0.3 is 9.84 Å². The molecule has 5 rings (SSSR count). The second-order valence-electron chi connectivity index (χ2n) is 7.45. The minimum absolute atomic E-state index is 0.114. The number of ketones is 1. The molecule has 0 amide bonds. The second kappa shape index (κ2) is 6.44. The van der Waals surface area contributed by atoms with Crippen molar-refractivity contribution in [3.05, 3.63) is 94.1 Å². The van der Waals surface area contributed by atoms with E-state index in [4.69, 9.17) is 4.52 Å². The van der Waals surface area contributed by atoms with Crippen molar-refractivity contribution in [2.24, 2.45) is 0 Å². The predicted molar refractivity (Wildman–Crippen MR) is 104 cm³/mol. The average molecular weight is 374 g/mol. The molecule has 0 radical (unpaired) electrons. The maximum absolute atomic E-state index is 13.5. The van der Waals surface area contributed by atoms with Crippen molar-refractivity contribution >= 4 is 11.7 Å². The lowest BCUT2D eigenvalue weighted by Gasteiger charge is -2.34. The highest BCUT2D eigenvalue weighted by molar-refractivity contribution is 6.01. The summed E-state index contributed by atoms with van der Waals surface area (Å²) in [6, 6.07) is 16.4. The summed E-state index contributed by atoms with van der Waals surface area (Å²) in [4.78, 5) is 13.3. The summed E-state index contributed by atoms with van der Waals surface area (Å²) in [5.74, 6) is 0.227. The Morgan fingerprint density at radius 2 is 1.79 bits per heavy atom. The van der Waals surface area contributed by atoms with Crippen LogP contribution in [0.2, 0.25) is 0 Å². The van der Waals surface area contributed by atoms with Gasteiger partial charge in [0.15, 0.2) is 5.78 Å². The number of halogens is 1. The zero-order valence-electron chi connectivity index (χ0n) is 15.4. The third kappa shape index (κ3) is 2.66. The Morgan fingerprint density at radius 1 is 1.04 bits per heavy atom. The van der Waals surface area contributed by atoms with Crippen LogP contribution >= 0.6 is 0 Å². The molecule has 0 spiro atoms. The van der Waals surface area contributed by atoms with Crippen LogP contribution in [0.1, 0.15) is 47.1 Å². The maximum atomic E-state index is 13.5. The molecule has 0 bridgehead atoms. The van der Waals surface area contributed by atoms with Gasteiger partial charge in [-0.3, -0.25) is 4.79 Å². The van der Waals surface area contributed by atoms with Gasteiger partial charge in [0, 0.05) is 23.6 Å². The predicted octanol–water partition coefficient (Wildman–Crippen LogP) is 5.08. The van der Waals surface area contributed by atoms with Crippen molar-refractivity contribution in [1.29, 1.82) is 0 Å². The van der Waals surface area contributed by atoms with E-state index in [1.165, 1.54) is 12.1 Å². The van der Waals surface area contributed by atoms with E-state index in [9.17, 15) is 9.18 Å². The second-order valence-corrected chi connectivity index (χ2v) is 7.45. The highest BCUT2D eigenvalue weighted by atomic mass is 19.1. The number of nitrogens with one attached hydrogen (secondary N) is 1. The van der Waals surface area contributed by atoms with Crippen molar-refractivity contribution in [2.45, 2.75) is 31.6 Å². The first kappa shape index (κ1) is 16.9. The molecule has 140 valence electrons. The van der Waals surface area contributed by atoms with Crippen LogP contribution in [0.25, 0.3) is 0 Å². The number of fused-ring (bicyclic) bond motifs is 1. The van der Waals surface area contributed by atoms with Gasteiger partial charge in [0.1, 0.15) is 5.82 Å². The van der Waals surface area contributed by atoms with Crippen LogP contribution in [0.15, 0.2) is 70.4 Å². The highest BCUT2D eigenvalue weighted by Gasteiger charge is 2.41. The number of allylic oxidation sites excluding steroid dienone is 2. The first-order valence-corrected chi connectivity index (χ1v) is 9.41. The smallest absolute Gasteiger partial charge is 0.233 e. The van der Waals surface area contributed by atoms with Gasteiger partial charge in [0.25, 0.3) is 0 Å². The van der Waals surface area contributed by atoms with Crippen molar-refractivity contribution in [3.63, 3.8) is 0 Å². The number of carbonyl (C=O) groups is 1. The molecule has 0 fully saturated rings. The molecule has 1 aliphatic carbocycles. The summed E-state index contributed by atoms with van der Waals surface area (Å²) in [5.41, 5.74) is 5.25. The Labute approximate surface area is 162 Å². The van der Waals surface area contributed by atoms with Crippen molar-refractivity contribution in [2.75, 3.05) is 5.32 Å². The number of hydrogen-bond donors (Lipinski definition) is 1. The molecule has 0 saturated heterocycles. The van der Waals surface area contributed by atoms with Crippen molar-refractivity contribution in [1.82, 2.24) is 5.16 Å². The number of nitrogens with zero attached hydrogens (tertiary/aromatic N) is 1. The molecule has 2 atom stereocenters. The standard InChI is InChI=1S/C23H19FN2O2/c1-13-20-21(15-7-9-17(24)10-8-15)22-18(25-23(20)28-26-13)11-16(12-19(22)27)14-5-3-2-4-6-14/h2-10,16,21,25H,11-12H2,1H3/t16-,21+/m0/s1. The summed E-state index contributed by atoms with van der Waals surface area (Å²) in [6.45, 7) is 1.87. The van der Waals surface area contributed by atoms with E-state index >= 15 is 0 Å². The summed E-state index contributed by atoms with van der Waals surface area (Å²) < 4.78 is 19.0. The van der Waals surface area contributed by atoms with E-state index in [-0.39, 0.29) is 23.4 Å². The van der Waals surface area contributed by atoms with E-state index in [0.29, 0.717) is 12.3 Å². The maximum Gasteiger partial charge on any atom is 0.233 e. The van der Waals surface area contributed by atoms with E-state index in [0.717, 1.165) is 40.1 Å². The third-order valence-corrected chi connectivity index (χ3v) is 5.73. The molecule has 1 N–H and O–H groups in total. The zero-order valence-corrected chi connectivity index (χ0v) is 15.4. The van der Waals surface area contributed by atoms with Crippen LogP contribution in [-0.4, -0.2) is 10.9 Å². The lowest BCUT2D eigenvalue weighted by Crippen LogP contribution is -2.29. The molecule has 2 heterocycles. The molecule has 2 aromatic carbocycles. The summed E-state index contributed by atoms with van der Waals surface area (Å²) >= 11 is 0. The molecule has 0 saturated carbocycles. The fourth-order valence-electron chi connectivity index (χ4n) is 4.42. The fourth-order valence-corrected chi connectivity index (χ4v) is 4.42. The van der Waals surface area contributed by atoms with E-state index < -0.39 is 0 Å². The molecule has 28 heavy (non-hydrogen) atoms. The SMILES string of the molecule is Cc1noc2c1[C@@H](c1ccc(F)cc1)C1=C(C[C@H](c3ccccc3)CC1=O)N2. The minimum atomic E-state index is -0.298. The van der Waals surface area contributed by atoms with Crippen LogP contribution in [-0.2, 0) is 4.79 Å². The summed E-state index contributed by atoms with van der Waals surface area (Å²) in [6.07, 6.45) is 1.18. The van der Waals surface area contributed by atoms with Crippen molar-refractivity contribution < 1.29 is 13.7 Å². The van der Waals surface area contributed by atoms with Crippen molar-refractivity contribution in [3.8, 4) is 0 Å². The fraction of sp³-hybridized carbons (Fsp3) is 0.217. The molecule has 4 nitrogen and oxygen atoms in total. The minimum Gasteiger partial charge on any atom is -0.338 e. The third-order valence-electron chi connectivity index (χ3n) is 5.73. The normalized spacial score (nSPS) is 21.1. The van der Waals surface area contributed by atoms with Gasteiger partial charge in [0.05, 0.1) is 11.3 Å². The van der Waals surface area contributed by atoms with Crippen LogP contribution in [0.5, 0.6) is 0 Å². The summed E-state index contributed by atoms with van der Waals surface area (Å²) in [7, 11) is 0. The monoisotopic (exact) mass is 374 g/mol. The van der Waals surface area contributed by atoms with Gasteiger partial charge in [-0.15, -0.1) is 0 Å². The Balaban J connectivity index is 1.63. The molecule has 1 aliphatic heterocycles. The Kier molecular flexibility index (Phi) is 3.90. The van der Waals surface area contributed by atoms with E-state index in [2.05, 4.69) is 22.6 Å². The number of benzene rings is 2. The van der Waals surface area contributed by atoms with E-state index in [1.807, 2.05) is 25.1 Å². The quantitative estimate of drug-likeness (QED) is 0.680. The number of aromatic nitrogens is 1. The molecule has 5 heteroatoms. The molecule has 3 aromatic rings. The Morgan fingerprint density at radius 3 is 2.54 bits per heavy atom. The number of anilines is 1. The van der Waals surface area contributed by atoms with Crippen LogP contribution < -0.4 is 5.32 Å². The first-order chi connectivity index (χ1) is 13.6. The molecular formula is C23H19FN2O2. The molecular weight excluding hydrogens is 355 g/mol. The van der Waals surface area contributed by atoms with Gasteiger partial charge in [0.2, 0.25) is 5.88 Å². The number of rotatable bonds is 2. The lowest BCUT2D eigenvalue weighted by molar-refractivity contribution is -0.116. The van der Waals surface area contributed by atoms with Gasteiger partial charge in [-0.25, -0.2) is 4.39 Å². The van der Waals surface area contributed by atoms with Gasteiger partial charge in [-0.1, -0.05) is 47.6 Å². The topological polar surface area (TPSA) is 55.1 Å². The molecule has 2 aliphatic rings. The number of aryl methyl sites for hydroxylation is 1. The Bertz CT molecular complexity index is 1080. The van der Waals surface area contributed by atoms with Gasteiger partial charge in [-0.2, -0.15) is 0 Å². The first-order valence-electron chi connectivity index (χ1n) is 9.41. The lowest BCUT2D eigenvalue weighted by atomic mass is 9.72. The van der Waals surface area contributed by atoms with Crippen LogP contribution in [0, 0.1) is 12.7 Å². The largest absolute Gasteiger partial charge is 0.338 e.